The van der Waals surface area contributed by atoms with Gasteiger partial charge in [-0.15, -0.1) is 5.10 Å². The zero-order chi connectivity index (χ0) is 26.3. The highest BCUT2D eigenvalue weighted by molar-refractivity contribution is 5.80. The molecule has 4 aromatic rings. The summed E-state index contributed by atoms with van der Waals surface area (Å²) in [7, 11) is 0. The summed E-state index contributed by atoms with van der Waals surface area (Å²) in [4.78, 5) is 18.5. The minimum absolute atomic E-state index is 0.0603. The fourth-order valence-electron chi connectivity index (χ4n) is 5.27. The van der Waals surface area contributed by atoms with E-state index in [1.54, 1.807) is 0 Å². The number of nitrogens with one attached hydrogen (secondary N) is 1. The predicted molar refractivity (Wildman–Crippen MR) is 146 cm³/mol. The number of ether oxygens (including phenoxy) is 2. The molecule has 5 rings (SSSR count). The van der Waals surface area contributed by atoms with Crippen LogP contribution in [0.5, 0.6) is 5.75 Å². The highest BCUT2D eigenvalue weighted by Gasteiger charge is 2.29. The first-order valence-corrected chi connectivity index (χ1v) is 13.6. The Hall–Kier alpha value is -3.56. The molecule has 1 saturated heterocycles. The fourth-order valence-corrected chi connectivity index (χ4v) is 5.27. The normalized spacial score (nSPS) is 16.3. The maximum absolute atomic E-state index is 13.2. The number of hydrogen-bond donors (Lipinski definition) is 1. The third-order valence-electron chi connectivity index (χ3n) is 7.18. The molecule has 2 aromatic carbocycles. The number of hydrogen-bond acceptors (Lipinski definition) is 7. The van der Waals surface area contributed by atoms with E-state index in [0.717, 1.165) is 54.8 Å². The van der Waals surface area contributed by atoms with Crippen LogP contribution in [-0.4, -0.2) is 56.0 Å². The van der Waals surface area contributed by atoms with Gasteiger partial charge >= 0.3 is 0 Å². The third kappa shape index (κ3) is 6.11. The number of nitrogens with zero attached hydrogens (tertiary/aromatic N) is 5. The molecule has 1 aliphatic heterocycles. The van der Waals surface area contributed by atoms with E-state index in [1.807, 2.05) is 54.1 Å². The van der Waals surface area contributed by atoms with Crippen molar-refractivity contribution in [1.82, 2.24) is 30.1 Å². The van der Waals surface area contributed by atoms with Gasteiger partial charge in [0.1, 0.15) is 5.75 Å². The van der Waals surface area contributed by atoms with Gasteiger partial charge in [0.15, 0.2) is 5.82 Å². The molecule has 1 fully saturated rings. The molecular formula is C29H36N6O3. The van der Waals surface area contributed by atoms with Crippen LogP contribution in [0.1, 0.15) is 56.1 Å². The average molecular weight is 517 g/mol. The van der Waals surface area contributed by atoms with Gasteiger partial charge in [-0.25, -0.2) is 4.68 Å². The highest BCUT2D eigenvalue weighted by Crippen LogP contribution is 2.27. The summed E-state index contributed by atoms with van der Waals surface area (Å²) in [5.74, 6) is 1.61. The smallest absolute Gasteiger partial charge is 0.252 e. The van der Waals surface area contributed by atoms with Crippen LogP contribution < -0.4 is 10.3 Å². The molecule has 1 N–H and O–H groups in total. The van der Waals surface area contributed by atoms with Crippen molar-refractivity contribution in [2.75, 3.05) is 19.8 Å². The summed E-state index contributed by atoms with van der Waals surface area (Å²) < 4.78 is 13.6. The van der Waals surface area contributed by atoms with E-state index < -0.39 is 0 Å². The number of H-pyrrole nitrogens is 1. The van der Waals surface area contributed by atoms with Crippen molar-refractivity contribution in [3.63, 3.8) is 0 Å². The zero-order valence-electron chi connectivity index (χ0n) is 22.2. The van der Waals surface area contributed by atoms with Crippen molar-refractivity contribution in [1.29, 1.82) is 0 Å². The summed E-state index contributed by atoms with van der Waals surface area (Å²) in [5, 5.41) is 13.8. The lowest BCUT2D eigenvalue weighted by atomic mass is 10.1. The third-order valence-corrected chi connectivity index (χ3v) is 7.18. The molecule has 0 aliphatic carbocycles. The van der Waals surface area contributed by atoms with E-state index in [0.29, 0.717) is 31.8 Å². The van der Waals surface area contributed by atoms with Crippen LogP contribution in [0.4, 0.5) is 0 Å². The monoisotopic (exact) mass is 516 g/mol. The molecule has 0 radical (unpaired) electrons. The SMILES string of the molecule is CCOc1ccc2[nH]c(=O)c(CN(C[C@H]3CCCO3)[C@@H](CC)c3nnnn3CCc3ccccc3)cc2c1. The molecule has 0 unspecified atom stereocenters. The van der Waals surface area contributed by atoms with Crippen LogP contribution in [0.2, 0.25) is 0 Å². The molecule has 9 heteroatoms. The molecule has 3 heterocycles. The van der Waals surface area contributed by atoms with Gasteiger partial charge in [-0.05, 0) is 72.9 Å². The van der Waals surface area contributed by atoms with E-state index in [-0.39, 0.29) is 17.7 Å². The lowest BCUT2D eigenvalue weighted by Crippen LogP contribution is -2.37. The molecule has 38 heavy (non-hydrogen) atoms. The molecule has 0 spiro atoms. The van der Waals surface area contributed by atoms with E-state index in [1.165, 1.54) is 5.56 Å². The molecule has 0 bridgehead atoms. The summed E-state index contributed by atoms with van der Waals surface area (Å²) in [6.07, 6.45) is 3.84. The molecule has 2 atom stereocenters. The van der Waals surface area contributed by atoms with E-state index in [2.05, 4.69) is 44.5 Å². The van der Waals surface area contributed by atoms with Gasteiger partial charge in [0.2, 0.25) is 0 Å². The van der Waals surface area contributed by atoms with E-state index in [9.17, 15) is 4.79 Å². The Morgan fingerprint density at radius 2 is 2.05 bits per heavy atom. The van der Waals surface area contributed by atoms with Crippen LogP contribution >= 0.6 is 0 Å². The minimum Gasteiger partial charge on any atom is -0.494 e. The maximum Gasteiger partial charge on any atom is 0.252 e. The Morgan fingerprint density at radius 3 is 2.82 bits per heavy atom. The minimum atomic E-state index is -0.0856. The number of aromatic amines is 1. The zero-order valence-corrected chi connectivity index (χ0v) is 22.2. The number of benzene rings is 2. The maximum atomic E-state index is 13.2. The van der Waals surface area contributed by atoms with Crippen LogP contribution in [0.25, 0.3) is 10.9 Å². The van der Waals surface area contributed by atoms with Gasteiger partial charge in [0, 0.05) is 42.7 Å². The Bertz CT molecular complexity index is 1380. The first-order chi connectivity index (χ1) is 18.6. The largest absolute Gasteiger partial charge is 0.494 e. The number of rotatable bonds is 12. The number of tetrazole rings is 1. The number of aromatic nitrogens is 5. The molecule has 9 nitrogen and oxygen atoms in total. The van der Waals surface area contributed by atoms with Gasteiger partial charge in [-0.1, -0.05) is 37.3 Å². The Balaban J connectivity index is 1.43. The van der Waals surface area contributed by atoms with Gasteiger partial charge in [-0.3, -0.25) is 9.69 Å². The van der Waals surface area contributed by atoms with Gasteiger partial charge in [-0.2, -0.15) is 0 Å². The van der Waals surface area contributed by atoms with Crippen molar-refractivity contribution in [2.24, 2.45) is 0 Å². The van der Waals surface area contributed by atoms with Gasteiger partial charge in [0.25, 0.3) is 5.56 Å². The first kappa shape index (κ1) is 26.1. The second kappa shape index (κ2) is 12.3. The van der Waals surface area contributed by atoms with Crippen molar-refractivity contribution in [3.8, 4) is 5.75 Å². The molecule has 0 amide bonds. The van der Waals surface area contributed by atoms with E-state index >= 15 is 0 Å². The Labute approximate surface area is 222 Å². The van der Waals surface area contributed by atoms with Crippen LogP contribution in [0.3, 0.4) is 0 Å². The van der Waals surface area contributed by atoms with Crippen molar-refractivity contribution >= 4 is 10.9 Å². The molecular weight excluding hydrogens is 480 g/mol. The number of aryl methyl sites for hydroxylation is 2. The second-order valence-corrected chi connectivity index (χ2v) is 9.79. The molecule has 1 aliphatic rings. The number of fused-ring (bicyclic) bond motifs is 1. The summed E-state index contributed by atoms with van der Waals surface area (Å²) in [5.41, 5.74) is 2.65. The molecule has 0 saturated carbocycles. The number of pyridine rings is 1. The van der Waals surface area contributed by atoms with Gasteiger partial charge < -0.3 is 14.5 Å². The first-order valence-electron chi connectivity index (χ1n) is 13.6. The van der Waals surface area contributed by atoms with Crippen LogP contribution in [0, 0.1) is 0 Å². The van der Waals surface area contributed by atoms with Crippen LogP contribution in [-0.2, 0) is 24.2 Å². The summed E-state index contributed by atoms with van der Waals surface area (Å²) in [6, 6.07) is 18.0. The van der Waals surface area contributed by atoms with Crippen LogP contribution in [0.15, 0.2) is 59.4 Å². The van der Waals surface area contributed by atoms with E-state index in [4.69, 9.17) is 9.47 Å². The standard InChI is InChI=1S/C29H36N6O3/c1-3-27(28-31-32-33-35(28)15-14-21-9-6-5-7-10-21)34(20-25-11-8-16-38-25)19-23-17-22-18-24(37-4-2)12-13-26(22)30-29(23)36/h5-7,9-10,12-13,17-18,25,27H,3-4,8,11,14-16,19-20H2,1-2H3,(H,30,36)/t25-,27+/m1/s1. The van der Waals surface area contributed by atoms with Crippen molar-refractivity contribution < 1.29 is 9.47 Å². The summed E-state index contributed by atoms with van der Waals surface area (Å²) in [6.45, 7) is 7.34. The van der Waals surface area contributed by atoms with Crippen molar-refractivity contribution in [3.05, 3.63) is 81.9 Å². The Morgan fingerprint density at radius 1 is 1.18 bits per heavy atom. The average Bonchev–Trinajstić information content (AvgIpc) is 3.62. The fraction of sp³-hybridized carbons (Fsp3) is 0.448. The summed E-state index contributed by atoms with van der Waals surface area (Å²) >= 11 is 0. The quantitative estimate of drug-likeness (QED) is 0.300. The highest BCUT2D eigenvalue weighted by atomic mass is 16.5. The molecule has 2 aromatic heterocycles. The van der Waals surface area contributed by atoms with Crippen molar-refractivity contribution in [2.45, 2.75) is 64.8 Å². The lowest BCUT2D eigenvalue weighted by molar-refractivity contribution is 0.0488. The lowest BCUT2D eigenvalue weighted by Gasteiger charge is -2.32. The predicted octanol–water partition coefficient (Wildman–Crippen LogP) is 4.29. The Kier molecular flexibility index (Phi) is 8.45. The topological polar surface area (TPSA) is 98.2 Å². The second-order valence-electron chi connectivity index (χ2n) is 9.79. The molecule has 200 valence electrons. The van der Waals surface area contributed by atoms with Gasteiger partial charge in [0.05, 0.1) is 18.8 Å².